The van der Waals surface area contributed by atoms with Gasteiger partial charge in [0.1, 0.15) is 11.6 Å². The Morgan fingerprint density at radius 2 is 1.86 bits per heavy atom. The third-order valence-corrected chi connectivity index (χ3v) is 6.29. The molecule has 1 aromatic rings. The average molecular weight is 312 g/mol. The van der Waals surface area contributed by atoms with Crippen LogP contribution >= 0.6 is 0 Å². The van der Waals surface area contributed by atoms with Crippen molar-refractivity contribution in [1.29, 1.82) is 0 Å². The van der Waals surface area contributed by atoms with Crippen molar-refractivity contribution in [2.24, 2.45) is 5.41 Å². The summed E-state index contributed by atoms with van der Waals surface area (Å²) in [6.07, 6.45) is 10.0. The Morgan fingerprint density at radius 3 is 2.48 bits per heavy atom. The van der Waals surface area contributed by atoms with Crippen LogP contribution in [0.5, 0.6) is 0 Å². The van der Waals surface area contributed by atoms with Gasteiger partial charge in [0.15, 0.2) is 0 Å². The van der Waals surface area contributed by atoms with Crippen molar-refractivity contribution in [2.75, 3.05) is 13.3 Å². The van der Waals surface area contributed by atoms with E-state index >= 15 is 0 Å². The van der Waals surface area contributed by atoms with E-state index in [1.807, 2.05) is 0 Å². The summed E-state index contributed by atoms with van der Waals surface area (Å²) in [7, 11) is -1.59. The highest BCUT2D eigenvalue weighted by Gasteiger charge is 2.40. The van der Waals surface area contributed by atoms with Gasteiger partial charge >= 0.3 is 0 Å². The van der Waals surface area contributed by atoms with Gasteiger partial charge in [-0.15, -0.1) is 10.2 Å². The van der Waals surface area contributed by atoms with Crippen LogP contribution < -0.4 is 0 Å². The molecule has 118 valence electrons. The second-order valence-corrected chi connectivity index (χ2v) is 8.82. The Hall–Kier alpha value is -0.950. The van der Waals surface area contributed by atoms with Crippen molar-refractivity contribution in [1.82, 2.24) is 19.1 Å². The van der Waals surface area contributed by atoms with Gasteiger partial charge in [-0.05, 0) is 18.3 Å². The lowest BCUT2D eigenvalue weighted by molar-refractivity contribution is 0.234. The molecule has 3 rings (SSSR count). The van der Waals surface area contributed by atoms with E-state index in [9.17, 15) is 8.42 Å². The first kappa shape index (κ1) is 15.0. The summed E-state index contributed by atoms with van der Waals surface area (Å²) < 4.78 is 26.6. The molecule has 0 aromatic carbocycles. The maximum atomic E-state index is 11.6. The van der Waals surface area contributed by atoms with E-state index in [-0.39, 0.29) is 0 Å². The molecule has 1 aromatic heterocycles. The molecule has 0 bridgehead atoms. The zero-order chi connectivity index (χ0) is 15.1. The Morgan fingerprint density at radius 1 is 1.19 bits per heavy atom. The molecule has 6 nitrogen and oxygen atoms in total. The van der Waals surface area contributed by atoms with E-state index in [1.54, 1.807) is 7.05 Å². The quantitative estimate of drug-likeness (QED) is 0.849. The lowest BCUT2D eigenvalue weighted by Gasteiger charge is -2.26. The van der Waals surface area contributed by atoms with Gasteiger partial charge in [-0.2, -0.15) is 4.31 Å². The Bertz CT molecular complexity index is 615. The van der Waals surface area contributed by atoms with Crippen LogP contribution in [0.3, 0.4) is 0 Å². The van der Waals surface area contributed by atoms with E-state index < -0.39 is 10.0 Å². The van der Waals surface area contributed by atoms with Gasteiger partial charge in [0.2, 0.25) is 10.0 Å². The average Bonchev–Trinajstić information content (AvgIpc) is 2.81. The predicted molar refractivity (Wildman–Crippen MR) is 80.2 cm³/mol. The van der Waals surface area contributed by atoms with Gasteiger partial charge in [-0.3, -0.25) is 0 Å². The molecule has 0 saturated heterocycles. The van der Waals surface area contributed by atoms with Crippen molar-refractivity contribution >= 4 is 10.0 Å². The number of hydrogen-bond acceptors (Lipinski definition) is 4. The fourth-order valence-corrected chi connectivity index (χ4v) is 4.01. The van der Waals surface area contributed by atoms with Crippen LogP contribution in [0.1, 0.15) is 50.2 Å². The molecule has 0 unspecified atom stereocenters. The highest BCUT2D eigenvalue weighted by atomic mass is 32.2. The smallest absolute Gasteiger partial charge is 0.211 e. The van der Waals surface area contributed by atoms with E-state index in [2.05, 4.69) is 14.8 Å². The number of aromatic nitrogens is 3. The molecule has 0 N–H and O–H groups in total. The Kier molecular flexibility index (Phi) is 3.81. The molecular formula is C14H24N4O2S. The molecule has 2 aliphatic rings. The van der Waals surface area contributed by atoms with Gasteiger partial charge in [-0.1, -0.05) is 25.7 Å². The standard InChI is InChI=1S/C14H24N4O2S/c1-17(21(2,19)20)10-13-16-15-12-9-14(11-18(12)13)7-5-3-4-6-8-14/h3-11H2,1-2H3. The van der Waals surface area contributed by atoms with Crippen LogP contribution in [0, 0.1) is 5.41 Å². The fraction of sp³-hybridized carbons (Fsp3) is 0.857. The van der Waals surface area contributed by atoms with Crippen LogP contribution in [0.25, 0.3) is 0 Å². The lowest BCUT2D eigenvalue weighted by atomic mass is 9.79. The fourth-order valence-electron chi connectivity index (χ4n) is 3.66. The minimum absolute atomic E-state index is 0.307. The molecule has 0 amide bonds. The highest BCUT2D eigenvalue weighted by Crippen LogP contribution is 2.43. The molecule has 0 radical (unpaired) electrons. The Balaban J connectivity index is 1.78. The molecule has 1 aliphatic carbocycles. The lowest BCUT2D eigenvalue weighted by Crippen LogP contribution is -2.28. The summed E-state index contributed by atoms with van der Waals surface area (Å²) in [6, 6.07) is 0. The monoisotopic (exact) mass is 312 g/mol. The summed E-state index contributed by atoms with van der Waals surface area (Å²) in [5.74, 6) is 1.81. The molecular weight excluding hydrogens is 288 g/mol. The maximum Gasteiger partial charge on any atom is 0.211 e. The summed E-state index contributed by atoms with van der Waals surface area (Å²) in [5.41, 5.74) is 0.347. The third-order valence-electron chi connectivity index (χ3n) is 5.03. The van der Waals surface area contributed by atoms with Crippen LogP contribution in [-0.2, 0) is 29.5 Å². The minimum Gasteiger partial charge on any atom is -0.313 e. The maximum absolute atomic E-state index is 11.6. The van der Waals surface area contributed by atoms with Crippen LogP contribution in [0.2, 0.25) is 0 Å². The molecule has 2 heterocycles. The van der Waals surface area contributed by atoms with Crippen LogP contribution in [-0.4, -0.2) is 40.8 Å². The van der Waals surface area contributed by atoms with Gasteiger partial charge in [0.25, 0.3) is 0 Å². The van der Waals surface area contributed by atoms with E-state index in [0.717, 1.165) is 24.6 Å². The second kappa shape index (κ2) is 5.35. The van der Waals surface area contributed by atoms with E-state index in [0.29, 0.717) is 12.0 Å². The predicted octanol–water partition coefficient (Wildman–Crippen LogP) is 1.57. The van der Waals surface area contributed by atoms with Crippen molar-refractivity contribution in [3.05, 3.63) is 11.6 Å². The number of rotatable bonds is 3. The molecule has 21 heavy (non-hydrogen) atoms. The Labute approximate surface area is 126 Å². The zero-order valence-electron chi connectivity index (χ0n) is 12.9. The third kappa shape index (κ3) is 2.99. The largest absolute Gasteiger partial charge is 0.313 e. The number of sulfonamides is 1. The van der Waals surface area contributed by atoms with Crippen molar-refractivity contribution < 1.29 is 8.42 Å². The highest BCUT2D eigenvalue weighted by molar-refractivity contribution is 7.88. The molecule has 1 saturated carbocycles. The van der Waals surface area contributed by atoms with Crippen LogP contribution in [0.15, 0.2) is 0 Å². The normalized spacial score (nSPS) is 21.7. The van der Waals surface area contributed by atoms with Gasteiger partial charge in [0, 0.05) is 20.0 Å². The minimum atomic E-state index is -3.18. The van der Waals surface area contributed by atoms with Crippen LogP contribution in [0.4, 0.5) is 0 Å². The molecule has 1 aliphatic heterocycles. The van der Waals surface area contributed by atoms with Crippen molar-refractivity contribution in [3.8, 4) is 0 Å². The number of nitrogens with zero attached hydrogens (tertiary/aromatic N) is 4. The first-order valence-corrected chi connectivity index (χ1v) is 9.57. The second-order valence-electron chi connectivity index (χ2n) is 6.73. The molecule has 1 spiro atoms. The first-order chi connectivity index (χ1) is 9.90. The van der Waals surface area contributed by atoms with Crippen molar-refractivity contribution in [3.63, 3.8) is 0 Å². The SMILES string of the molecule is CN(Cc1nnc2n1CC1(CCCCCC1)C2)S(C)(=O)=O. The van der Waals surface area contributed by atoms with E-state index in [4.69, 9.17) is 0 Å². The topological polar surface area (TPSA) is 68.1 Å². The van der Waals surface area contributed by atoms with E-state index in [1.165, 1.54) is 49.1 Å². The zero-order valence-corrected chi connectivity index (χ0v) is 13.7. The van der Waals surface area contributed by atoms with Gasteiger partial charge < -0.3 is 4.57 Å². The van der Waals surface area contributed by atoms with Crippen molar-refractivity contribution in [2.45, 2.75) is 58.0 Å². The first-order valence-electron chi connectivity index (χ1n) is 7.72. The summed E-state index contributed by atoms with van der Waals surface area (Å²) in [4.78, 5) is 0. The summed E-state index contributed by atoms with van der Waals surface area (Å²) >= 11 is 0. The van der Waals surface area contributed by atoms with Gasteiger partial charge in [0.05, 0.1) is 12.8 Å². The number of fused-ring (bicyclic) bond motifs is 1. The van der Waals surface area contributed by atoms with Gasteiger partial charge in [-0.25, -0.2) is 8.42 Å². The summed E-state index contributed by atoms with van der Waals surface area (Å²) in [6.45, 7) is 1.27. The summed E-state index contributed by atoms with van der Waals surface area (Å²) in [5, 5.41) is 8.50. The molecule has 0 atom stereocenters. The molecule has 7 heteroatoms. The number of hydrogen-bond donors (Lipinski definition) is 0. The molecule has 1 fully saturated rings.